The maximum absolute atomic E-state index is 11.5. The highest BCUT2D eigenvalue weighted by molar-refractivity contribution is 5.76. The van der Waals surface area contributed by atoms with E-state index >= 15 is 0 Å². The Bertz CT molecular complexity index is 228. The van der Waals surface area contributed by atoms with Crippen LogP contribution in [0, 0.1) is 5.92 Å². The van der Waals surface area contributed by atoms with Gasteiger partial charge in [-0.2, -0.15) is 0 Å². The van der Waals surface area contributed by atoms with Gasteiger partial charge in [0.15, 0.2) is 0 Å². The lowest BCUT2D eigenvalue weighted by molar-refractivity contribution is -0.164. The van der Waals surface area contributed by atoms with Crippen LogP contribution in [0.15, 0.2) is 0 Å². The summed E-state index contributed by atoms with van der Waals surface area (Å²) < 4.78 is 0. The number of hydrogen-bond donors (Lipinski definition) is 3. The van der Waals surface area contributed by atoms with Gasteiger partial charge in [0.25, 0.3) is 5.91 Å². The van der Waals surface area contributed by atoms with E-state index in [9.17, 15) is 10.0 Å². The fourth-order valence-corrected chi connectivity index (χ4v) is 2.21. The van der Waals surface area contributed by atoms with Crippen molar-refractivity contribution in [3.05, 3.63) is 0 Å². The van der Waals surface area contributed by atoms with Crippen LogP contribution in [0.3, 0.4) is 0 Å². The smallest absolute Gasteiger partial charge is 0.259 e. The van der Waals surface area contributed by atoms with Crippen LogP contribution in [0.25, 0.3) is 0 Å². The third kappa shape index (κ3) is 6.00. The molecule has 0 aromatic heterocycles. The van der Waals surface area contributed by atoms with Gasteiger partial charge in [-0.25, -0.2) is 5.06 Å². The molecule has 1 aliphatic carbocycles. The minimum absolute atomic E-state index is 0.0755. The van der Waals surface area contributed by atoms with E-state index in [1.54, 1.807) is 6.92 Å². The number of aliphatic hydroxyl groups is 1. The summed E-state index contributed by atoms with van der Waals surface area (Å²) in [5.41, 5.74) is 0. The average molecular weight is 244 g/mol. The van der Waals surface area contributed by atoms with Gasteiger partial charge in [0.05, 0.1) is 12.6 Å². The summed E-state index contributed by atoms with van der Waals surface area (Å²) in [7, 11) is 0. The number of rotatable bonds is 7. The molecule has 1 amide bonds. The number of nitrogens with one attached hydrogen (secondary N) is 1. The van der Waals surface area contributed by atoms with Crippen molar-refractivity contribution in [1.82, 2.24) is 10.4 Å². The van der Waals surface area contributed by atoms with Gasteiger partial charge in [-0.1, -0.05) is 25.7 Å². The van der Waals surface area contributed by atoms with E-state index < -0.39 is 6.10 Å². The first-order chi connectivity index (χ1) is 8.09. The average Bonchev–Trinajstić information content (AvgIpc) is 2.78. The van der Waals surface area contributed by atoms with Gasteiger partial charge in [0.2, 0.25) is 0 Å². The van der Waals surface area contributed by atoms with E-state index in [1.807, 2.05) is 0 Å². The van der Waals surface area contributed by atoms with Crippen LogP contribution in [-0.4, -0.2) is 47.0 Å². The molecule has 5 nitrogen and oxygen atoms in total. The molecule has 1 fully saturated rings. The predicted octanol–water partition coefficient (Wildman–Crippen LogP) is 0.755. The fourth-order valence-electron chi connectivity index (χ4n) is 2.21. The first-order valence-electron chi connectivity index (χ1n) is 6.47. The van der Waals surface area contributed by atoms with Crippen molar-refractivity contribution in [2.24, 2.45) is 5.92 Å². The number of hydrogen-bond acceptors (Lipinski definition) is 4. The molecule has 0 spiro atoms. The third-order valence-electron chi connectivity index (χ3n) is 3.23. The van der Waals surface area contributed by atoms with Crippen LogP contribution in [0.2, 0.25) is 0 Å². The zero-order valence-electron chi connectivity index (χ0n) is 10.6. The fraction of sp³-hybridized carbons (Fsp3) is 0.917. The van der Waals surface area contributed by atoms with Crippen molar-refractivity contribution >= 4 is 5.91 Å². The van der Waals surface area contributed by atoms with Crippen LogP contribution in [0.4, 0.5) is 0 Å². The minimum Gasteiger partial charge on any atom is -0.392 e. The molecule has 1 rings (SSSR count). The summed E-state index contributed by atoms with van der Waals surface area (Å²) in [5.74, 6) is 0.339. The van der Waals surface area contributed by atoms with Crippen molar-refractivity contribution < 1.29 is 15.1 Å². The predicted molar refractivity (Wildman–Crippen MR) is 64.6 cm³/mol. The normalized spacial score (nSPS) is 18.3. The summed E-state index contributed by atoms with van der Waals surface area (Å²) in [4.78, 5) is 11.5. The van der Waals surface area contributed by atoms with Crippen molar-refractivity contribution in [3.63, 3.8) is 0 Å². The zero-order valence-corrected chi connectivity index (χ0v) is 10.6. The molecule has 5 heteroatoms. The molecule has 0 heterocycles. The quantitative estimate of drug-likeness (QED) is 0.456. The van der Waals surface area contributed by atoms with Crippen LogP contribution >= 0.6 is 0 Å². The molecular weight excluding hydrogens is 220 g/mol. The van der Waals surface area contributed by atoms with E-state index in [2.05, 4.69) is 5.32 Å². The standard InChI is InChI=1S/C12H24N2O3/c1-10(15)8-13-9-12(16)14(17)7-6-11-4-2-3-5-11/h10-11,13,15,17H,2-9H2,1H3. The summed E-state index contributed by atoms with van der Waals surface area (Å²) in [5, 5.41) is 22.1. The van der Waals surface area contributed by atoms with Crippen molar-refractivity contribution in [2.45, 2.75) is 45.1 Å². The van der Waals surface area contributed by atoms with E-state index in [-0.39, 0.29) is 12.5 Å². The van der Waals surface area contributed by atoms with Gasteiger partial charge in [0.1, 0.15) is 0 Å². The Balaban J connectivity index is 2.08. The molecule has 1 aliphatic rings. The first-order valence-corrected chi connectivity index (χ1v) is 6.47. The summed E-state index contributed by atoms with van der Waals surface area (Å²) in [6.45, 7) is 2.50. The molecule has 0 radical (unpaired) electrons. The molecule has 17 heavy (non-hydrogen) atoms. The monoisotopic (exact) mass is 244 g/mol. The number of amides is 1. The highest BCUT2D eigenvalue weighted by Crippen LogP contribution is 2.27. The molecule has 0 aromatic rings. The Labute approximate surface area is 103 Å². The lowest BCUT2D eigenvalue weighted by atomic mass is 10.0. The van der Waals surface area contributed by atoms with Gasteiger partial charge >= 0.3 is 0 Å². The molecule has 1 saturated carbocycles. The lowest BCUT2D eigenvalue weighted by Crippen LogP contribution is -2.39. The summed E-state index contributed by atoms with van der Waals surface area (Å²) in [6.07, 6.45) is 5.41. The Hall–Kier alpha value is -0.650. The number of carbonyl (C=O) groups excluding carboxylic acids is 1. The molecule has 0 bridgehead atoms. The topological polar surface area (TPSA) is 72.8 Å². The van der Waals surface area contributed by atoms with E-state index in [4.69, 9.17) is 5.11 Å². The second kappa shape index (κ2) is 7.63. The Morgan fingerprint density at radius 3 is 2.71 bits per heavy atom. The maximum Gasteiger partial charge on any atom is 0.259 e. The van der Waals surface area contributed by atoms with Gasteiger partial charge in [-0.3, -0.25) is 10.0 Å². The Morgan fingerprint density at radius 2 is 2.12 bits per heavy atom. The highest BCUT2D eigenvalue weighted by atomic mass is 16.5. The molecule has 1 unspecified atom stereocenters. The first kappa shape index (κ1) is 14.4. The molecule has 0 saturated heterocycles. The van der Waals surface area contributed by atoms with Crippen LogP contribution in [0.5, 0.6) is 0 Å². The summed E-state index contributed by atoms with van der Waals surface area (Å²) in [6, 6.07) is 0. The van der Waals surface area contributed by atoms with Gasteiger partial charge in [-0.05, 0) is 19.3 Å². The maximum atomic E-state index is 11.5. The third-order valence-corrected chi connectivity index (χ3v) is 3.23. The molecule has 100 valence electrons. The van der Waals surface area contributed by atoms with Crippen LogP contribution in [-0.2, 0) is 4.79 Å². The molecular formula is C12H24N2O3. The number of aliphatic hydroxyl groups excluding tert-OH is 1. The van der Waals surface area contributed by atoms with Gasteiger partial charge in [0, 0.05) is 13.1 Å². The SMILES string of the molecule is CC(O)CNCC(=O)N(O)CCC1CCCC1. The summed E-state index contributed by atoms with van der Waals surface area (Å²) >= 11 is 0. The van der Waals surface area contributed by atoms with Crippen molar-refractivity contribution in [1.29, 1.82) is 0 Å². The number of carbonyl (C=O) groups is 1. The zero-order chi connectivity index (χ0) is 12.7. The number of hydroxylamine groups is 2. The van der Waals surface area contributed by atoms with Crippen molar-refractivity contribution in [3.8, 4) is 0 Å². The van der Waals surface area contributed by atoms with Crippen LogP contribution in [0.1, 0.15) is 39.0 Å². The highest BCUT2D eigenvalue weighted by Gasteiger charge is 2.17. The lowest BCUT2D eigenvalue weighted by Gasteiger charge is -2.17. The molecule has 3 N–H and O–H groups in total. The second-order valence-electron chi connectivity index (χ2n) is 4.94. The van der Waals surface area contributed by atoms with E-state index in [1.165, 1.54) is 25.7 Å². The van der Waals surface area contributed by atoms with Crippen LogP contribution < -0.4 is 5.32 Å². The largest absolute Gasteiger partial charge is 0.392 e. The molecule has 1 atom stereocenters. The minimum atomic E-state index is -0.478. The van der Waals surface area contributed by atoms with E-state index in [0.29, 0.717) is 19.0 Å². The second-order valence-corrected chi connectivity index (χ2v) is 4.94. The number of nitrogens with zero attached hydrogens (tertiary/aromatic N) is 1. The Kier molecular flexibility index (Phi) is 6.47. The van der Waals surface area contributed by atoms with Gasteiger partial charge in [-0.15, -0.1) is 0 Å². The Morgan fingerprint density at radius 1 is 1.47 bits per heavy atom. The molecule has 0 aromatic carbocycles. The van der Waals surface area contributed by atoms with Crippen molar-refractivity contribution in [2.75, 3.05) is 19.6 Å². The van der Waals surface area contributed by atoms with Gasteiger partial charge < -0.3 is 10.4 Å². The molecule has 0 aliphatic heterocycles. The van der Waals surface area contributed by atoms with E-state index in [0.717, 1.165) is 11.5 Å².